The number of nitrogens with one attached hydrogen (secondary N) is 2. The second-order valence-corrected chi connectivity index (χ2v) is 7.77. The zero-order valence-electron chi connectivity index (χ0n) is 16.9. The van der Waals surface area contributed by atoms with Crippen LogP contribution in [0.15, 0.2) is 45.9 Å². The maximum Gasteiger partial charge on any atom is 0.343 e. The minimum absolute atomic E-state index is 0.104. The van der Waals surface area contributed by atoms with Gasteiger partial charge in [-0.15, -0.1) is 11.3 Å². The molecule has 0 spiro atoms. The summed E-state index contributed by atoms with van der Waals surface area (Å²) in [5, 5.41) is 8.84. The van der Waals surface area contributed by atoms with Crippen LogP contribution in [0.25, 0.3) is 0 Å². The van der Waals surface area contributed by atoms with Gasteiger partial charge < -0.3 is 15.4 Å². The maximum absolute atomic E-state index is 12.7. The summed E-state index contributed by atoms with van der Waals surface area (Å²) in [7, 11) is 0. The number of aliphatic imine (C=N–C) groups is 1. The van der Waals surface area contributed by atoms with Crippen molar-refractivity contribution in [2.45, 2.75) is 40.0 Å². The second kappa shape index (κ2) is 9.00. The van der Waals surface area contributed by atoms with Crippen LogP contribution in [0.4, 0.5) is 11.4 Å². The fourth-order valence-electron chi connectivity index (χ4n) is 2.85. The van der Waals surface area contributed by atoms with E-state index in [1.807, 2.05) is 29.6 Å². The molecule has 29 heavy (non-hydrogen) atoms. The van der Waals surface area contributed by atoms with Crippen molar-refractivity contribution in [3.05, 3.63) is 51.6 Å². The third-order valence-electron chi connectivity index (χ3n) is 4.21. The number of fused-ring (bicyclic) bond motifs is 1. The molecule has 0 atom stereocenters. The second-order valence-electron chi connectivity index (χ2n) is 6.88. The monoisotopic (exact) mass is 412 g/mol. The summed E-state index contributed by atoms with van der Waals surface area (Å²) in [5.74, 6) is -0.354. The molecule has 0 aliphatic carbocycles. The molecule has 0 unspecified atom stereocenters. The summed E-state index contributed by atoms with van der Waals surface area (Å²) in [4.78, 5) is 34.3. The average molecular weight is 413 g/mol. The van der Waals surface area contributed by atoms with Gasteiger partial charge in [-0.05, 0) is 26.0 Å². The fourth-order valence-corrected chi connectivity index (χ4v) is 3.68. The van der Waals surface area contributed by atoms with Gasteiger partial charge in [-0.3, -0.25) is 4.79 Å². The number of hydrogen-bond donors (Lipinski definition) is 2. The van der Waals surface area contributed by atoms with Crippen molar-refractivity contribution in [1.29, 1.82) is 0 Å². The molecule has 2 aromatic rings. The number of anilines is 1. The third-order valence-corrected chi connectivity index (χ3v) is 5.41. The molecule has 7 nitrogen and oxygen atoms in total. The van der Waals surface area contributed by atoms with Crippen molar-refractivity contribution in [2.24, 2.45) is 4.99 Å². The van der Waals surface area contributed by atoms with E-state index in [9.17, 15) is 9.59 Å². The van der Waals surface area contributed by atoms with E-state index in [4.69, 9.17) is 4.74 Å². The largest absolute Gasteiger partial charge is 0.462 e. The Bertz CT molecular complexity index is 991. The first-order valence-corrected chi connectivity index (χ1v) is 10.3. The number of hydrogen-bond acceptors (Lipinski definition) is 7. The smallest absolute Gasteiger partial charge is 0.343 e. The van der Waals surface area contributed by atoms with Crippen LogP contribution < -0.4 is 10.6 Å². The number of benzene rings is 1. The quantitative estimate of drug-likeness (QED) is 0.726. The van der Waals surface area contributed by atoms with Crippen LogP contribution in [0, 0.1) is 0 Å². The molecule has 0 bridgehead atoms. The summed E-state index contributed by atoms with van der Waals surface area (Å²) in [6.07, 6.45) is 0.104. The van der Waals surface area contributed by atoms with E-state index in [0.29, 0.717) is 23.0 Å². The predicted molar refractivity (Wildman–Crippen MR) is 115 cm³/mol. The highest BCUT2D eigenvalue weighted by Gasteiger charge is 2.26. The van der Waals surface area contributed by atoms with Gasteiger partial charge in [-0.1, -0.05) is 26.0 Å². The summed E-state index contributed by atoms with van der Waals surface area (Å²) in [6.45, 7) is 7.84. The Balaban J connectivity index is 1.89. The van der Waals surface area contributed by atoms with E-state index in [0.717, 1.165) is 10.7 Å². The molecule has 0 radical (unpaired) electrons. The van der Waals surface area contributed by atoms with E-state index >= 15 is 0 Å². The van der Waals surface area contributed by atoms with Gasteiger partial charge in [-0.25, -0.2) is 14.8 Å². The first-order valence-electron chi connectivity index (χ1n) is 9.46. The Kier molecular flexibility index (Phi) is 6.43. The number of para-hydroxylation sites is 2. The van der Waals surface area contributed by atoms with Crippen molar-refractivity contribution in [2.75, 3.05) is 11.9 Å². The average Bonchev–Trinajstić information content (AvgIpc) is 3.06. The molecule has 1 aromatic carbocycles. The summed E-state index contributed by atoms with van der Waals surface area (Å²) < 4.78 is 5.19. The molecule has 1 aliphatic heterocycles. The Labute approximate surface area is 173 Å². The molecule has 8 heteroatoms. The lowest BCUT2D eigenvalue weighted by Crippen LogP contribution is -2.36. The van der Waals surface area contributed by atoms with Gasteiger partial charge >= 0.3 is 5.97 Å². The zero-order chi connectivity index (χ0) is 21.0. The van der Waals surface area contributed by atoms with Crippen molar-refractivity contribution in [3.8, 4) is 0 Å². The lowest BCUT2D eigenvalue weighted by Gasteiger charge is -2.13. The van der Waals surface area contributed by atoms with Crippen LogP contribution in [-0.4, -0.2) is 29.3 Å². The predicted octanol–water partition coefficient (Wildman–Crippen LogP) is 3.92. The number of esters is 1. The van der Waals surface area contributed by atoms with Crippen LogP contribution in [0.2, 0.25) is 0 Å². The first kappa shape index (κ1) is 20.7. The van der Waals surface area contributed by atoms with Crippen LogP contribution in [0.3, 0.4) is 0 Å². The lowest BCUT2D eigenvalue weighted by atomic mass is 10.1. The standard InChI is InChI=1S/C21H24N4O3S/c1-5-28-21(27)18-13(4)22-15-8-6-7-9-16(15)24-19(18)25-17(26)10-14-11-29-20(23-14)12(2)3/h6-9,11-12,22H,5,10H2,1-4H3,(H,24,25,26). The topological polar surface area (TPSA) is 92.7 Å². The number of thiazole rings is 1. The molecule has 3 rings (SSSR count). The van der Waals surface area contributed by atoms with E-state index in [-0.39, 0.29) is 30.3 Å². The van der Waals surface area contributed by atoms with Gasteiger partial charge in [0.05, 0.1) is 35.1 Å². The number of allylic oxidation sites excluding steroid dienone is 1. The lowest BCUT2D eigenvalue weighted by molar-refractivity contribution is -0.137. The van der Waals surface area contributed by atoms with Crippen molar-refractivity contribution < 1.29 is 14.3 Å². The first-order chi connectivity index (χ1) is 13.9. The Morgan fingerprint density at radius 3 is 2.72 bits per heavy atom. The number of carbonyl (C=O) groups is 2. The molecule has 2 N–H and O–H groups in total. The van der Waals surface area contributed by atoms with Crippen molar-refractivity contribution in [1.82, 2.24) is 10.3 Å². The van der Waals surface area contributed by atoms with E-state index in [1.165, 1.54) is 11.3 Å². The Morgan fingerprint density at radius 2 is 2.03 bits per heavy atom. The number of rotatable bonds is 5. The van der Waals surface area contributed by atoms with Crippen molar-refractivity contribution in [3.63, 3.8) is 0 Å². The molecule has 0 fully saturated rings. The van der Waals surface area contributed by atoms with Crippen LogP contribution in [0.5, 0.6) is 0 Å². The number of ether oxygens (including phenoxy) is 1. The van der Waals surface area contributed by atoms with Gasteiger partial charge in [0.15, 0.2) is 0 Å². The highest BCUT2D eigenvalue weighted by atomic mass is 32.1. The van der Waals surface area contributed by atoms with Crippen LogP contribution in [0.1, 0.15) is 44.3 Å². The van der Waals surface area contributed by atoms with E-state index in [2.05, 4.69) is 34.5 Å². The molecule has 152 valence electrons. The summed E-state index contributed by atoms with van der Waals surface area (Å²) in [5.41, 5.74) is 2.83. The summed E-state index contributed by atoms with van der Waals surface area (Å²) in [6, 6.07) is 7.39. The molecule has 1 amide bonds. The minimum Gasteiger partial charge on any atom is -0.462 e. The molecule has 1 aromatic heterocycles. The number of amidine groups is 1. The van der Waals surface area contributed by atoms with Gasteiger partial charge in [0.1, 0.15) is 11.4 Å². The van der Waals surface area contributed by atoms with E-state index < -0.39 is 5.97 Å². The maximum atomic E-state index is 12.7. The fraction of sp³-hybridized carbons (Fsp3) is 0.333. The number of nitrogens with zero attached hydrogens (tertiary/aromatic N) is 2. The highest BCUT2D eigenvalue weighted by molar-refractivity contribution is 7.09. The molecule has 2 heterocycles. The van der Waals surface area contributed by atoms with E-state index in [1.54, 1.807) is 13.8 Å². The van der Waals surface area contributed by atoms with Crippen molar-refractivity contribution >= 4 is 40.4 Å². The van der Waals surface area contributed by atoms with Crippen LogP contribution >= 0.6 is 11.3 Å². The molecule has 0 saturated heterocycles. The third kappa shape index (κ3) is 4.89. The number of carbonyl (C=O) groups excluding carboxylic acids is 2. The number of amides is 1. The minimum atomic E-state index is -0.542. The molecular weight excluding hydrogens is 388 g/mol. The SMILES string of the molecule is CCOC(=O)C1=C(C)Nc2ccccc2N=C1NC(=O)Cc1csc(C(C)C)n1. The van der Waals surface area contributed by atoms with Gasteiger partial charge in [0, 0.05) is 17.0 Å². The Morgan fingerprint density at radius 1 is 1.28 bits per heavy atom. The van der Waals surface area contributed by atoms with Gasteiger partial charge in [0.25, 0.3) is 0 Å². The molecule has 1 aliphatic rings. The summed E-state index contributed by atoms with van der Waals surface area (Å²) >= 11 is 1.54. The molecular formula is C21H24N4O3S. The zero-order valence-corrected chi connectivity index (χ0v) is 17.7. The van der Waals surface area contributed by atoms with Gasteiger partial charge in [0.2, 0.25) is 5.91 Å². The highest BCUT2D eigenvalue weighted by Crippen LogP contribution is 2.30. The Hall–Kier alpha value is -3.00. The van der Waals surface area contributed by atoms with Crippen LogP contribution in [-0.2, 0) is 20.7 Å². The molecule has 0 saturated carbocycles. The van der Waals surface area contributed by atoms with Gasteiger partial charge in [-0.2, -0.15) is 0 Å². The number of aromatic nitrogens is 1. The normalized spacial score (nSPS) is 13.3.